The van der Waals surface area contributed by atoms with E-state index in [1.165, 1.54) is 16.5 Å². The summed E-state index contributed by atoms with van der Waals surface area (Å²) in [5, 5.41) is 37.5. The predicted octanol–water partition coefficient (Wildman–Crippen LogP) is -9.64. The molecule has 0 aromatic carbocycles. The zero-order valence-electron chi connectivity index (χ0n) is 25.4. The Balaban J connectivity index is 0.00000506. The van der Waals surface area contributed by atoms with Gasteiger partial charge in [-0.3, -0.25) is 29.0 Å². The van der Waals surface area contributed by atoms with Crippen LogP contribution in [0, 0.1) is 0 Å². The predicted molar refractivity (Wildman–Crippen MR) is 151 cm³/mol. The quantitative estimate of drug-likeness (QED) is 0.0670. The molecule has 0 unspecified atom stereocenters. The summed E-state index contributed by atoms with van der Waals surface area (Å²) < 4.78 is 6.81. The van der Waals surface area contributed by atoms with Crippen LogP contribution in [0.3, 0.4) is 0 Å². The number of likely N-dealkylation sites (N-methyl/N-ethyl adjacent to an activating group) is 1. The summed E-state index contributed by atoms with van der Waals surface area (Å²) in [7, 11) is 2.75. The zero-order valence-corrected chi connectivity index (χ0v) is 29.1. The van der Waals surface area contributed by atoms with Gasteiger partial charge in [0, 0.05) is 45.3 Å². The molecule has 0 bridgehead atoms. The number of hydrogen-bond donors (Lipinski definition) is 3. The molecule has 1 aromatic heterocycles. The molecule has 252 valence electrons. The number of piperazine rings is 1. The van der Waals surface area contributed by atoms with Crippen LogP contribution in [0.4, 0.5) is 4.79 Å². The van der Waals surface area contributed by atoms with E-state index in [4.69, 9.17) is 4.74 Å². The fourth-order valence-electron chi connectivity index (χ4n) is 4.58. The van der Waals surface area contributed by atoms with E-state index in [-0.39, 0.29) is 82.8 Å². The van der Waals surface area contributed by atoms with E-state index in [1.807, 2.05) is 0 Å². The summed E-state index contributed by atoms with van der Waals surface area (Å²) >= 11 is 2.28. The van der Waals surface area contributed by atoms with Gasteiger partial charge in [0.1, 0.15) is 11.4 Å². The minimum absolute atomic E-state index is 0. The van der Waals surface area contributed by atoms with Crippen LogP contribution >= 0.6 is 23.5 Å². The van der Waals surface area contributed by atoms with Crippen LogP contribution in [0.1, 0.15) is 13.8 Å². The third-order valence-corrected chi connectivity index (χ3v) is 9.34. The number of aryl methyl sites for hydroxylation is 1. The Morgan fingerprint density at radius 3 is 2.37 bits per heavy atom. The third-order valence-electron chi connectivity index (χ3n) is 6.87. The number of tetrazole rings is 1. The second-order valence-corrected chi connectivity index (χ2v) is 11.4. The first-order valence-electron chi connectivity index (χ1n) is 12.6. The Morgan fingerprint density at radius 1 is 1.20 bits per heavy atom. The first-order valence-corrected chi connectivity index (χ1v) is 14.6. The molecule has 4 heterocycles. The number of nitrogens with one attached hydrogen (secondary N) is 2. The second kappa shape index (κ2) is 17.3. The van der Waals surface area contributed by atoms with E-state index >= 15 is 0 Å². The largest absolute Gasteiger partial charge is 1.00 e. The molecule has 46 heavy (non-hydrogen) atoms. The minimum Gasteiger partial charge on any atom is -0.543 e. The molecular weight excluding hydrogens is 669 g/mol. The number of β-lactam (4-membered cyclic amide) rings is 1. The monoisotopic (exact) mass is 703 g/mol. The minimum atomic E-state index is -2.04. The molecule has 3 aliphatic heterocycles. The number of amides is 6. The number of ether oxygens (including phenoxy) is 1. The van der Waals surface area contributed by atoms with E-state index in [9.17, 15) is 39.0 Å². The molecule has 21 nitrogen and oxygen atoms in total. The summed E-state index contributed by atoms with van der Waals surface area (Å²) in [6.45, 7) is 3.12. The van der Waals surface area contributed by atoms with Crippen molar-refractivity contribution < 1.29 is 89.7 Å². The Kier molecular flexibility index (Phi) is 16.2. The number of rotatable bonds is 10. The molecule has 9 N–H and O–H groups in total. The molecule has 1 aromatic rings. The van der Waals surface area contributed by atoms with Gasteiger partial charge in [0.25, 0.3) is 11.6 Å². The second-order valence-electron chi connectivity index (χ2n) is 9.39. The van der Waals surface area contributed by atoms with Crippen LogP contribution in [0.25, 0.3) is 0 Å². The maximum atomic E-state index is 13.4. The van der Waals surface area contributed by atoms with Crippen LogP contribution < -0.4 is 45.3 Å². The van der Waals surface area contributed by atoms with Gasteiger partial charge in [-0.1, -0.05) is 11.8 Å². The Hall–Kier alpha value is -2.87. The summed E-state index contributed by atoms with van der Waals surface area (Å²) in [5.41, 5.74) is -2.04. The van der Waals surface area contributed by atoms with E-state index in [1.54, 1.807) is 14.0 Å². The van der Waals surface area contributed by atoms with Crippen molar-refractivity contribution in [3.63, 3.8) is 0 Å². The van der Waals surface area contributed by atoms with Crippen molar-refractivity contribution in [2.45, 2.75) is 42.2 Å². The summed E-state index contributed by atoms with van der Waals surface area (Å²) in [6.07, 6.45) is -1.51. The number of carboxylic acid groups (broad SMARTS) is 1. The Labute approximate surface area is 292 Å². The third kappa shape index (κ3) is 7.80. The molecule has 0 saturated carbocycles. The number of carboxylic acids is 1. The fourth-order valence-corrected chi connectivity index (χ4v) is 7.01. The fraction of sp³-hybridized carbons (Fsp3) is 0.591. The number of urea groups is 1. The van der Waals surface area contributed by atoms with E-state index < -0.39 is 58.9 Å². The summed E-state index contributed by atoms with van der Waals surface area (Å²) in [5.74, 6) is -5.27. The summed E-state index contributed by atoms with van der Waals surface area (Å²) in [6, 6.07) is -2.76. The molecule has 3 aliphatic rings. The number of methoxy groups -OCH3 is 1. The van der Waals surface area contributed by atoms with E-state index in [2.05, 4.69) is 26.2 Å². The van der Waals surface area contributed by atoms with Gasteiger partial charge in [-0.05, 0) is 29.8 Å². The number of carbonyl (C=O) groups is 6. The smallest absolute Gasteiger partial charge is 0.543 e. The SMILES string of the molecule is CCN1CCN(C(=O)N[C@@H](C(=O)N[C@]2(OC)C(=O)N3C(C(=O)[O-])=C(CSc4nnnn4C)CS[C@H]32)[C@H](C)O)C(=O)C1=O.O.O.O.[Na+]. The number of nitrogens with zero attached hydrogens (tertiary/aromatic N) is 7. The van der Waals surface area contributed by atoms with Gasteiger partial charge < -0.3 is 51.7 Å². The average Bonchev–Trinajstić information content (AvgIpc) is 3.37. The number of carbonyl (C=O) groups excluding carboxylic acids is 6. The van der Waals surface area contributed by atoms with Gasteiger partial charge in [0.15, 0.2) is 0 Å². The molecule has 4 rings (SSSR count). The molecule has 4 atom stereocenters. The van der Waals surface area contributed by atoms with Crippen LogP contribution in [0.2, 0.25) is 0 Å². The average molecular weight is 704 g/mol. The van der Waals surface area contributed by atoms with Crippen LogP contribution in [-0.4, -0.2) is 154 Å². The number of aliphatic hydroxyl groups excluding tert-OH is 1. The van der Waals surface area contributed by atoms with Gasteiger partial charge >= 0.3 is 47.4 Å². The summed E-state index contributed by atoms with van der Waals surface area (Å²) in [4.78, 5) is 79.0. The normalized spacial score (nSPS) is 21.7. The molecule has 2 saturated heterocycles. The van der Waals surface area contributed by atoms with E-state index in [0.29, 0.717) is 15.6 Å². The van der Waals surface area contributed by atoms with Gasteiger partial charge in [0.2, 0.25) is 11.1 Å². The number of aliphatic hydroxyl groups is 1. The number of hydrogen-bond acceptors (Lipinski definition) is 14. The maximum Gasteiger partial charge on any atom is 1.00 e. The molecule has 24 heteroatoms. The Bertz CT molecular complexity index is 1370. The molecule has 0 aliphatic carbocycles. The van der Waals surface area contributed by atoms with Crippen molar-refractivity contribution in [2.75, 3.05) is 38.2 Å². The molecule has 0 spiro atoms. The van der Waals surface area contributed by atoms with Crippen molar-refractivity contribution in [2.24, 2.45) is 7.05 Å². The number of aromatic nitrogens is 4. The van der Waals surface area contributed by atoms with Crippen LogP contribution in [-0.2, 0) is 35.8 Å². The number of imide groups is 1. The van der Waals surface area contributed by atoms with Crippen LogP contribution in [0.5, 0.6) is 0 Å². The Morgan fingerprint density at radius 2 is 1.85 bits per heavy atom. The van der Waals surface area contributed by atoms with Crippen LogP contribution in [0.15, 0.2) is 16.4 Å². The van der Waals surface area contributed by atoms with Gasteiger partial charge in [-0.25, -0.2) is 9.48 Å². The molecular formula is C22H34N9NaO12S2. The molecule has 6 amide bonds. The van der Waals surface area contributed by atoms with Gasteiger partial charge in [-0.15, -0.1) is 16.9 Å². The topological polar surface area (TPSA) is 327 Å². The van der Waals surface area contributed by atoms with Crippen molar-refractivity contribution >= 4 is 59.2 Å². The van der Waals surface area contributed by atoms with Crippen molar-refractivity contribution in [3.8, 4) is 0 Å². The van der Waals surface area contributed by atoms with Crippen molar-refractivity contribution in [1.29, 1.82) is 0 Å². The first-order chi connectivity index (χ1) is 19.9. The van der Waals surface area contributed by atoms with Gasteiger partial charge in [-0.2, -0.15) is 0 Å². The number of aliphatic carboxylic acids is 1. The van der Waals surface area contributed by atoms with E-state index in [0.717, 1.165) is 35.5 Å². The zero-order chi connectivity index (χ0) is 30.9. The number of thioether (sulfide) groups is 2. The van der Waals surface area contributed by atoms with Gasteiger partial charge in [0.05, 0.1) is 17.8 Å². The van der Waals surface area contributed by atoms with Crippen molar-refractivity contribution in [3.05, 3.63) is 11.3 Å². The number of fused-ring (bicyclic) bond motifs is 1. The van der Waals surface area contributed by atoms with Crippen molar-refractivity contribution in [1.82, 2.24) is 45.5 Å². The molecule has 0 radical (unpaired) electrons. The molecule has 2 fully saturated rings. The maximum absolute atomic E-state index is 13.4. The first kappa shape index (κ1) is 43.1. The standard InChI is InChI=1S/C22H29N9O9S2.Na.3H2O/c1-5-29-6-7-30(16(35)15(29)34)20(39)23-12(10(2)32)14(33)24-22(40-4)18(38)31-13(17(36)37)11(8-41-19(22)31)9-42-21-25-26-27-28(21)3;;;;/h10,12,19,32H,5-9H2,1-4H3,(H,23,39)(H,24,33)(H,36,37);;3*1H2/q;+1;;;/p-1/t10-,12+,19-,22-;;;;/m0..../s1.